The van der Waals surface area contributed by atoms with Gasteiger partial charge < -0.3 is 10.2 Å². The summed E-state index contributed by atoms with van der Waals surface area (Å²) in [7, 11) is 1.80. The first-order chi connectivity index (χ1) is 18.4. The summed E-state index contributed by atoms with van der Waals surface area (Å²) in [6, 6.07) is 23.9. The van der Waals surface area contributed by atoms with Crippen LogP contribution in [0.15, 0.2) is 85.2 Å². The van der Waals surface area contributed by atoms with Crippen LogP contribution >= 0.6 is 0 Å². The third-order valence-electron chi connectivity index (χ3n) is 7.29. The van der Waals surface area contributed by atoms with Crippen LogP contribution < -0.4 is 10.2 Å². The summed E-state index contributed by atoms with van der Waals surface area (Å²) >= 11 is 0. The SMILES string of the molecule is CC1CCN(c2ccc(C(=O)Cc3ccc(Nc4ccc(CC(=O)c5cnn(C)c5)cc4)cc3)cc2)CC1. The molecule has 3 aromatic carbocycles. The molecule has 0 amide bonds. The van der Waals surface area contributed by atoms with Gasteiger partial charge in [0.15, 0.2) is 11.6 Å². The van der Waals surface area contributed by atoms with Crippen molar-refractivity contribution in [2.45, 2.75) is 32.6 Å². The van der Waals surface area contributed by atoms with Gasteiger partial charge in [0.1, 0.15) is 0 Å². The van der Waals surface area contributed by atoms with Crippen LogP contribution in [0.3, 0.4) is 0 Å². The molecule has 1 aliphatic heterocycles. The third kappa shape index (κ3) is 6.38. The minimum atomic E-state index is 0.0524. The number of carbonyl (C=O) groups is 2. The Morgan fingerprint density at radius 2 is 1.32 bits per heavy atom. The third-order valence-corrected chi connectivity index (χ3v) is 7.29. The van der Waals surface area contributed by atoms with Gasteiger partial charge >= 0.3 is 0 Å². The first-order valence-electron chi connectivity index (χ1n) is 13.3. The van der Waals surface area contributed by atoms with E-state index < -0.39 is 0 Å². The predicted octanol–water partition coefficient (Wildman–Crippen LogP) is 6.25. The van der Waals surface area contributed by atoms with Crippen molar-refractivity contribution >= 4 is 28.6 Å². The van der Waals surface area contributed by atoms with E-state index >= 15 is 0 Å². The number of rotatable bonds is 9. The quantitative estimate of drug-likeness (QED) is 0.272. The lowest BCUT2D eigenvalue weighted by Gasteiger charge is -2.32. The molecule has 0 bridgehead atoms. The Hall–Kier alpha value is -4.19. The number of benzene rings is 3. The zero-order chi connectivity index (χ0) is 26.5. The maximum atomic E-state index is 12.9. The summed E-state index contributed by atoms with van der Waals surface area (Å²) in [5, 5.41) is 7.45. The largest absolute Gasteiger partial charge is 0.372 e. The number of anilines is 3. The summed E-state index contributed by atoms with van der Waals surface area (Å²) in [6.07, 6.45) is 6.51. The molecule has 1 aromatic heterocycles. The maximum absolute atomic E-state index is 12.9. The van der Waals surface area contributed by atoms with Gasteiger partial charge in [-0.05, 0) is 78.4 Å². The lowest BCUT2D eigenvalue weighted by atomic mass is 9.98. The monoisotopic (exact) mass is 506 g/mol. The molecule has 0 spiro atoms. The van der Waals surface area contributed by atoms with Crippen molar-refractivity contribution in [3.63, 3.8) is 0 Å². The van der Waals surface area contributed by atoms with Crippen molar-refractivity contribution in [1.29, 1.82) is 0 Å². The number of carbonyl (C=O) groups excluding carboxylic acids is 2. The van der Waals surface area contributed by atoms with Gasteiger partial charge in [0.25, 0.3) is 0 Å². The van der Waals surface area contributed by atoms with Crippen molar-refractivity contribution in [2.24, 2.45) is 13.0 Å². The normalized spacial score (nSPS) is 13.9. The first-order valence-corrected chi connectivity index (χ1v) is 13.3. The molecule has 5 rings (SSSR count). The van der Waals surface area contributed by atoms with E-state index in [9.17, 15) is 9.59 Å². The van der Waals surface area contributed by atoms with Crippen LogP contribution in [0.2, 0.25) is 0 Å². The van der Waals surface area contributed by atoms with E-state index in [0.29, 0.717) is 18.4 Å². The standard InChI is InChI=1S/C32H34N4O2/c1-23-15-17-36(18-16-23)30-13-7-26(8-14-30)31(37)19-24-3-9-28(10-4-24)34-29-11-5-25(6-12-29)20-32(38)27-21-33-35(2)22-27/h3-14,21-23,34H,15-20H2,1-2H3. The molecule has 1 N–H and O–H groups in total. The molecule has 0 unspecified atom stereocenters. The van der Waals surface area contributed by atoms with Crippen molar-refractivity contribution in [2.75, 3.05) is 23.3 Å². The lowest BCUT2D eigenvalue weighted by Crippen LogP contribution is -2.32. The van der Waals surface area contributed by atoms with Crippen molar-refractivity contribution in [3.05, 3.63) is 107 Å². The fraction of sp³-hybridized carbons (Fsp3) is 0.281. The Labute approximate surface area is 224 Å². The molecule has 0 saturated carbocycles. The summed E-state index contributed by atoms with van der Waals surface area (Å²) < 4.78 is 1.63. The molecule has 2 heterocycles. The topological polar surface area (TPSA) is 67.2 Å². The van der Waals surface area contributed by atoms with Crippen LogP contribution in [-0.4, -0.2) is 34.4 Å². The second-order valence-corrected chi connectivity index (χ2v) is 10.3. The highest BCUT2D eigenvalue weighted by atomic mass is 16.1. The highest BCUT2D eigenvalue weighted by Crippen LogP contribution is 2.24. The van der Waals surface area contributed by atoms with Gasteiger partial charge in [0, 0.05) is 61.8 Å². The first kappa shape index (κ1) is 25.5. The number of hydrogen-bond donors (Lipinski definition) is 1. The van der Waals surface area contributed by atoms with E-state index in [1.807, 2.05) is 60.7 Å². The number of ketones is 2. The van der Waals surface area contributed by atoms with E-state index in [0.717, 1.165) is 47.1 Å². The van der Waals surface area contributed by atoms with E-state index in [4.69, 9.17) is 0 Å². The summed E-state index contributed by atoms with van der Waals surface area (Å²) in [6.45, 7) is 4.49. The van der Waals surface area contributed by atoms with E-state index in [2.05, 4.69) is 34.4 Å². The zero-order valence-electron chi connectivity index (χ0n) is 22.1. The van der Waals surface area contributed by atoms with Crippen molar-refractivity contribution < 1.29 is 9.59 Å². The number of piperidine rings is 1. The molecule has 194 valence electrons. The number of hydrogen-bond acceptors (Lipinski definition) is 5. The molecule has 0 radical (unpaired) electrons. The average molecular weight is 507 g/mol. The highest BCUT2D eigenvalue weighted by molar-refractivity contribution is 5.98. The Bertz CT molecular complexity index is 1380. The molecule has 1 saturated heterocycles. The summed E-state index contributed by atoms with van der Waals surface area (Å²) in [5.74, 6) is 0.979. The van der Waals surface area contributed by atoms with Crippen LogP contribution in [0.1, 0.15) is 51.6 Å². The second-order valence-electron chi connectivity index (χ2n) is 10.3. The summed E-state index contributed by atoms with van der Waals surface area (Å²) in [5.41, 5.74) is 6.41. The van der Waals surface area contributed by atoms with Gasteiger partial charge in [-0.1, -0.05) is 31.2 Å². The Morgan fingerprint density at radius 1 is 0.789 bits per heavy atom. The predicted molar refractivity (Wildman–Crippen MR) is 152 cm³/mol. The van der Waals surface area contributed by atoms with Gasteiger partial charge in [-0.3, -0.25) is 14.3 Å². The fourth-order valence-electron chi connectivity index (χ4n) is 4.84. The molecule has 0 atom stereocenters. The molecule has 1 aliphatic rings. The van der Waals surface area contributed by atoms with Crippen LogP contribution in [-0.2, 0) is 19.9 Å². The molecule has 6 heteroatoms. The average Bonchev–Trinajstić information content (AvgIpc) is 3.38. The highest BCUT2D eigenvalue weighted by Gasteiger charge is 2.16. The fourth-order valence-corrected chi connectivity index (χ4v) is 4.84. The number of Topliss-reactive ketones (excluding diaryl/α,β-unsaturated/α-hetero) is 2. The van der Waals surface area contributed by atoms with Crippen LogP contribution in [0, 0.1) is 5.92 Å². The van der Waals surface area contributed by atoms with Crippen molar-refractivity contribution in [1.82, 2.24) is 9.78 Å². The Morgan fingerprint density at radius 3 is 1.82 bits per heavy atom. The van der Waals surface area contributed by atoms with Crippen LogP contribution in [0.5, 0.6) is 0 Å². The number of nitrogens with one attached hydrogen (secondary N) is 1. The van der Waals surface area contributed by atoms with Crippen LogP contribution in [0.4, 0.5) is 17.1 Å². The molecule has 0 aliphatic carbocycles. The number of nitrogens with zero attached hydrogens (tertiary/aromatic N) is 3. The van der Waals surface area contributed by atoms with Crippen LogP contribution in [0.25, 0.3) is 0 Å². The van der Waals surface area contributed by atoms with E-state index in [1.54, 1.807) is 24.1 Å². The van der Waals surface area contributed by atoms with Gasteiger partial charge in [0.05, 0.1) is 11.8 Å². The smallest absolute Gasteiger partial charge is 0.170 e. The van der Waals surface area contributed by atoms with E-state index in [1.165, 1.54) is 18.5 Å². The van der Waals surface area contributed by atoms with Gasteiger partial charge in [-0.25, -0.2) is 0 Å². The molecule has 38 heavy (non-hydrogen) atoms. The van der Waals surface area contributed by atoms with Gasteiger partial charge in [-0.2, -0.15) is 5.10 Å². The Balaban J connectivity index is 1.13. The minimum absolute atomic E-state index is 0.0524. The van der Waals surface area contributed by atoms with Crippen molar-refractivity contribution in [3.8, 4) is 0 Å². The van der Waals surface area contributed by atoms with E-state index in [-0.39, 0.29) is 11.6 Å². The molecule has 4 aromatic rings. The molecule has 6 nitrogen and oxygen atoms in total. The minimum Gasteiger partial charge on any atom is -0.372 e. The van der Waals surface area contributed by atoms with Gasteiger partial charge in [-0.15, -0.1) is 0 Å². The molecular weight excluding hydrogens is 472 g/mol. The zero-order valence-corrected chi connectivity index (χ0v) is 22.1. The second kappa shape index (κ2) is 11.5. The van der Waals surface area contributed by atoms with Gasteiger partial charge in [0.2, 0.25) is 0 Å². The maximum Gasteiger partial charge on any atom is 0.170 e. The lowest BCUT2D eigenvalue weighted by molar-refractivity contribution is 0.0984. The molecule has 1 fully saturated rings. The Kier molecular flexibility index (Phi) is 7.68. The number of aryl methyl sites for hydroxylation is 1. The molecular formula is C32H34N4O2. The number of aromatic nitrogens is 2. The summed E-state index contributed by atoms with van der Waals surface area (Å²) in [4.78, 5) is 27.7.